The number of aromatic nitrogens is 2. The molecule has 0 spiro atoms. The summed E-state index contributed by atoms with van der Waals surface area (Å²) in [5.41, 5.74) is 0. The van der Waals surface area contributed by atoms with Gasteiger partial charge in [-0.05, 0) is 6.92 Å². The van der Waals surface area contributed by atoms with Crippen LogP contribution >= 0.6 is 10.7 Å². The average Bonchev–Trinajstić information content (AvgIpc) is 2.57. The van der Waals surface area contributed by atoms with Crippen molar-refractivity contribution in [2.24, 2.45) is 0 Å². The second-order valence-corrected chi connectivity index (χ2v) is 5.35. The van der Waals surface area contributed by atoms with Crippen molar-refractivity contribution in [3.8, 4) is 11.8 Å². The van der Waals surface area contributed by atoms with E-state index in [0.29, 0.717) is 18.8 Å². The summed E-state index contributed by atoms with van der Waals surface area (Å²) in [6.07, 6.45) is 2.04. The molecule has 0 aliphatic carbocycles. The van der Waals surface area contributed by atoms with E-state index in [2.05, 4.69) is 16.8 Å². The molecule has 1 heterocycles. The predicted octanol–water partition coefficient (Wildman–Crippen LogP) is 1.40. The summed E-state index contributed by atoms with van der Waals surface area (Å²) in [4.78, 5) is 3.93. The molecular weight excluding hydrogens is 236 g/mol. The van der Waals surface area contributed by atoms with Crippen LogP contribution in [0.3, 0.4) is 0 Å². The van der Waals surface area contributed by atoms with Crippen LogP contribution in [0.5, 0.6) is 0 Å². The van der Waals surface area contributed by atoms with Crippen molar-refractivity contribution in [3.05, 3.63) is 12.0 Å². The number of hydrogen-bond donors (Lipinski definition) is 0. The van der Waals surface area contributed by atoms with Gasteiger partial charge in [0.15, 0.2) is 5.03 Å². The van der Waals surface area contributed by atoms with Gasteiger partial charge in [-0.2, -0.15) is 0 Å². The van der Waals surface area contributed by atoms with Crippen LogP contribution in [0.1, 0.15) is 19.7 Å². The van der Waals surface area contributed by atoms with Gasteiger partial charge in [0.1, 0.15) is 5.82 Å². The first-order valence-corrected chi connectivity index (χ1v) is 6.70. The Morgan fingerprint density at radius 3 is 2.73 bits per heavy atom. The van der Waals surface area contributed by atoms with E-state index in [1.165, 1.54) is 6.20 Å². The van der Waals surface area contributed by atoms with Crippen molar-refractivity contribution in [3.63, 3.8) is 0 Å². The highest BCUT2D eigenvalue weighted by molar-refractivity contribution is 8.13. The molecule has 0 amide bonds. The Bertz CT molecular complexity index is 508. The summed E-state index contributed by atoms with van der Waals surface area (Å²) in [5, 5.41) is -0.112. The Hall–Kier alpha value is -0.990. The second-order valence-electron chi connectivity index (χ2n) is 2.84. The number of imidazole rings is 1. The Balaban J connectivity index is 3.15. The lowest BCUT2D eigenvalue weighted by molar-refractivity contribution is 0.606. The van der Waals surface area contributed by atoms with E-state index in [1.54, 1.807) is 11.5 Å². The molecule has 0 saturated heterocycles. The standard InChI is InChI=1S/C9H11ClN2O2S/c1-3-5-6-12-7-9(15(10,13)14)11-8(12)4-2/h7H,4,6H2,1-2H3. The molecule has 0 saturated carbocycles. The van der Waals surface area contributed by atoms with Crippen LogP contribution in [-0.2, 0) is 22.0 Å². The minimum Gasteiger partial charge on any atom is -0.322 e. The molecule has 1 aromatic rings. The first-order valence-electron chi connectivity index (χ1n) is 4.39. The number of nitrogens with zero attached hydrogens (tertiary/aromatic N) is 2. The fourth-order valence-electron chi connectivity index (χ4n) is 1.13. The Labute approximate surface area is 93.7 Å². The summed E-state index contributed by atoms with van der Waals surface area (Å²) in [6, 6.07) is 0. The lowest BCUT2D eigenvalue weighted by atomic mass is 10.4. The van der Waals surface area contributed by atoms with Gasteiger partial charge < -0.3 is 4.57 Å². The molecule has 0 unspecified atom stereocenters. The molecule has 82 valence electrons. The zero-order chi connectivity index (χ0) is 11.5. The van der Waals surface area contributed by atoms with Gasteiger partial charge in [0.2, 0.25) is 0 Å². The molecule has 15 heavy (non-hydrogen) atoms. The van der Waals surface area contributed by atoms with E-state index in [9.17, 15) is 8.42 Å². The van der Waals surface area contributed by atoms with E-state index in [-0.39, 0.29) is 5.03 Å². The lowest BCUT2D eigenvalue weighted by Crippen LogP contribution is -1.99. The molecule has 1 rings (SSSR count). The summed E-state index contributed by atoms with van der Waals surface area (Å²) in [7, 11) is 1.45. The maximum absolute atomic E-state index is 11.0. The third kappa shape index (κ3) is 2.98. The second kappa shape index (κ2) is 4.69. The molecule has 0 fully saturated rings. The fourth-order valence-corrected chi connectivity index (χ4v) is 1.82. The first-order chi connectivity index (χ1) is 6.99. The van der Waals surface area contributed by atoms with Gasteiger partial charge in [-0.3, -0.25) is 0 Å². The number of hydrogen-bond acceptors (Lipinski definition) is 3. The molecular formula is C9H11ClN2O2S. The van der Waals surface area contributed by atoms with Crippen LogP contribution in [0, 0.1) is 11.8 Å². The normalized spacial score (nSPS) is 10.9. The summed E-state index contributed by atoms with van der Waals surface area (Å²) < 4.78 is 23.8. The third-order valence-electron chi connectivity index (χ3n) is 1.83. The zero-order valence-corrected chi connectivity index (χ0v) is 10.1. The predicted molar refractivity (Wildman–Crippen MR) is 58.1 cm³/mol. The number of aryl methyl sites for hydroxylation is 1. The molecule has 4 nitrogen and oxygen atoms in total. The van der Waals surface area contributed by atoms with E-state index < -0.39 is 9.05 Å². The smallest absolute Gasteiger partial charge is 0.280 e. The fraction of sp³-hybridized carbons (Fsp3) is 0.444. The van der Waals surface area contributed by atoms with E-state index >= 15 is 0 Å². The SMILES string of the molecule is CC#CCn1cc(S(=O)(=O)Cl)nc1CC. The van der Waals surface area contributed by atoms with Gasteiger partial charge in [0.25, 0.3) is 9.05 Å². The minimum absolute atomic E-state index is 0.112. The van der Waals surface area contributed by atoms with Gasteiger partial charge in [0.05, 0.1) is 6.54 Å². The van der Waals surface area contributed by atoms with E-state index in [0.717, 1.165) is 0 Å². The van der Waals surface area contributed by atoms with Gasteiger partial charge >= 0.3 is 0 Å². The monoisotopic (exact) mass is 246 g/mol. The van der Waals surface area contributed by atoms with Crippen LogP contribution in [0.2, 0.25) is 0 Å². The van der Waals surface area contributed by atoms with Crippen LogP contribution in [-0.4, -0.2) is 18.0 Å². The van der Waals surface area contributed by atoms with Gasteiger partial charge in [-0.15, -0.1) is 5.92 Å². The zero-order valence-electron chi connectivity index (χ0n) is 8.49. The highest BCUT2D eigenvalue weighted by atomic mass is 35.7. The van der Waals surface area contributed by atoms with Crippen molar-refractivity contribution in [1.29, 1.82) is 0 Å². The maximum Gasteiger partial charge on any atom is 0.280 e. The highest BCUT2D eigenvalue weighted by Gasteiger charge is 2.16. The molecule has 0 bridgehead atoms. The van der Waals surface area contributed by atoms with Crippen LogP contribution < -0.4 is 0 Å². The quantitative estimate of drug-likeness (QED) is 0.598. The largest absolute Gasteiger partial charge is 0.322 e. The van der Waals surface area contributed by atoms with E-state index in [1.807, 2.05) is 6.92 Å². The van der Waals surface area contributed by atoms with Crippen molar-refractivity contribution in [2.45, 2.75) is 31.8 Å². The maximum atomic E-state index is 11.0. The van der Waals surface area contributed by atoms with Crippen LogP contribution in [0.4, 0.5) is 0 Å². The first kappa shape index (κ1) is 12.1. The number of rotatable bonds is 3. The molecule has 1 aromatic heterocycles. The van der Waals surface area contributed by atoms with Gasteiger partial charge in [-0.1, -0.05) is 12.8 Å². The van der Waals surface area contributed by atoms with Crippen LogP contribution in [0.25, 0.3) is 0 Å². The Kier molecular flexibility index (Phi) is 3.77. The van der Waals surface area contributed by atoms with Crippen LogP contribution in [0.15, 0.2) is 11.2 Å². The van der Waals surface area contributed by atoms with E-state index in [4.69, 9.17) is 10.7 Å². The van der Waals surface area contributed by atoms with Crippen molar-refractivity contribution >= 4 is 19.7 Å². The molecule has 0 aliphatic heterocycles. The molecule has 0 aliphatic rings. The number of halogens is 1. The van der Waals surface area contributed by atoms with Crippen molar-refractivity contribution < 1.29 is 8.42 Å². The summed E-state index contributed by atoms with van der Waals surface area (Å²) in [5.74, 6) is 6.24. The molecule has 0 atom stereocenters. The highest BCUT2D eigenvalue weighted by Crippen LogP contribution is 2.14. The average molecular weight is 247 g/mol. The molecule has 0 aromatic carbocycles. The van der Waals surface area contributed by atoms with Gasteiger partial charge in [-0.25, -0.2) is 13.4 Å². The summed E-state index contributed by atoms with van der Waals surface area (Å²) >= 11 is 0. The van der Waals surface area contributed by atoms with Crippen molar-refractivity contribution in [1.82, 2.24) is 9.55 Å². The lowest BCUT2D eigenvalue weighted by Gasteiger charge is -1.98. The van der Waals surface area contributed by atoms with Crippen molar-refractivity contribution in [2.75, 3.05) is 0 Å². The topological polar surface area (TPSA) is 52.0 Å². The Morgan fingerprint density at radius 2 is 2.27 bits per heavy atom. The van der Waals surface area contributed by atoms with Gasteiger partial charge in [0, 0.05) is 23.3 Å². The third-order valence-corrected chi connectivity index (χ3v) is 3.00. The Morgan fingerprint density at radius 1 is 1.60 bits per heavy atom. The molecule has 6 heteroatoms. The summed E-state index contributed by atoms with van der Waals surface area (Å²) in [6.45, 7) is 4.05. The molecule has 0 radical (unpaired) electrons. The molecule has 0 N–H and O–H groups in total. The minimum atomic E-state index is -3.75.